The maximum Gasteiger partial charge on any atom is 0.258 e. The summed E-state index contributed by atoms with van der Waals surface area (Å²) in [5.74, 6) is 0.907. The fourth-order valence-electron chi connectivity index (χ4n) is 3.03. The van der Waals surface area contributed by atoms with E-state index in [4.69, 9.17) is 0 Å². The van der Waals surface area contributed by atoms with Crippen LogP contribution in [0.25, 0.3) is 0 Å². The van der Waals surface area contributed by atoms with Gasteiger partial charge in [0.15, 0.2) is 0 Å². The Balaban J connectivity index is 1.86. The minimum Gasteiger partial charge on any atom is -0.338 e. The molecule has 1 aromatic heterocycles. The molecule has 0 spiro atoms. The minimum absolute atomic E-state index is 0.0130. The third-order valence-corrected chi connectivity index (χ3v) is 4.31. The molecule has 0 radical (unpaired) electrons. The summed E-state index contributed by atoms with van der Waals surface area (Å²) in [5.41, 5.74) is 4.59. The number of aryl methyl sites for hydroxylation is 2. The van der Waals surface area contributed by atoms with Gasteiger partial charge in [-0.2, -0.15) is 5.10 Å². The number of nitrogens with zero attached hydrogens (tertiary/aromatic N) is 3. The molecule has 2 aromatic carbocycles. The standard InChI is InChI=1S/C19H18N4O/c1-13-8-9-16-17(10-13)23(19(24)14-6-4-3-5-7-14)12-15-11-20-22(2)18(15)21-16/h3-11,21H,12H2,1-2H3. The van der Waals surface area contributed by atoms with Crippen LogP contribution in [0.3, 0.4) is 0 Å². The summed E-state index contributed by atoms with van der Waals surface area (Å²) in [6, 6.07) is 15.5. The maximum absolute atomic E-state index is 13.1. The largest absolute Gasteiger partial charge is 0.338 e. The molecule has 0 saturated carbocycles. The number of carbonyl (C=O) groups is 1. The highest BCUT2D eigenvalue weighted by molar-refractivity contribution is 6.08. The van der Waals surface area contributed by atoms with Gasteiger partial charge in [0.25, 0.3) is 5.91 Å². The second kappa shape index (κ2) is 5.53. The van der Waals surface area contributed by atoms with Gasteiger partial charge in [0.1, 0.15) is 5.82 Å². The molecule has 5 nitrogen and oxygen atoms in total. The lowest BCUT2D eigenvalue weighted by molar-refractivity contribution is 0.0985. The zero-order chi connectivity index (χ0) is 16.7. The molecule has 1 aliphatic rings. The first-order valence-electron chi connectivity index (χ1n) is 7.89. The molecule has 0 atom stereocenters. The number of amides is 1. The second-order valence-corrected chi connectivity index (χ2v) is 6.04. The number of fused-ring (bicyclic) bond motifs is 2. The number of benzene rings is 2. The summed E-state index contributed by atoms with van der Waals surface area (Å²) in [6.45, 7) is 2.52. The summed E-state index contributed by atoms with van der Waals surface area (Å²) in [7, 11) is 1.90. The summed E-state index contributed by atoms with van der Waals surface area (Å²) < 4.78 is 1.80. The van der Waals surface area contributed by atoms with E-state index in [1.54, 1.807) is 4.68 Å². The molecular formula is C19H18N4O. The lowest BCUT2D eigenvalue weighted by Gasteiger charge is -2.23. The van der Waals surface area contributed by atoms with Crippen LogP contribution in [0.1, 0.15) is 21.5 Å². The van der Waals surface area contributed by atoms with E-state index in [0.717, 1.165) is 28.3 Å². The van der Waals surface area contributed by atoms with Crippen molar-refractivity contribution in [2.24, 2.45) is 7.05 Å². The van der Waals surface area contributed by atoms with Crippen LogP contribution in [0.15, 0.2) is 54.7 Å². The van der Waals surface area contributed by atoms with E-state index in [1.807, 2.05) is 73.6 Å². The molecular weight excluding hydrogens is 300 g/mol. The number of carbonyl (C=O) groups excluding carboxylic acids is 1. The molecule has 24 heavy (non-hydrogen) atoms. The average Bonchev–Trinajstić information content (AvgIpc) is 2.85. The SMILES string of the molecule is Cc1ccc2c(c1)N(C(=O)c1ccccc1)Cc1cnn(C)c1N2. The Morgan fingerprint density at radius 3 is 2.75 bits per heavy atom. The van der Waals surface area contributed by atoms with Gasteiger partial charge in [0.05, 0.1) is 24.1 Å². The Hall–Kier alpha value is -3.08. The summed E-state index contributed by atoms with van der Waals surface area (Å²) in [6.07, 6.45) is 1.81. The van der Waals surface area contributed by atoms with E-state index in [1.165, 1.54) is 0 Å². The third kappa shape index (κ3) is 2.34. The predicted molar refractivity (Wildman–Crippen MR) is 94.6 cm³/mol. The minimum atomic E-state index is -0.0130. The molecule has 1 N–H and O–H groups in total. The quantitative estimate of drug-likeness (QED) is 0.745. The van der Waals surface area contributed by atoms with Gasteiger partial charge in [0, 0.05) is 18.2 Å². The van der Waals surface area contributed by atoms with E-state index in [-0.39, 0.29) is 5.91 Å². The molecule has 1 amide bonds. The van der Waals surface area contributed by atoms with Crippen LogP contribution in [0, 0.1) is 6.92 Å². The van der Waals surface area contributed by atoms with Crippen molar-refractivity contribution in [1.82, 2.24) is 9.78 Å². The zero-order valence-corrected chi connectivity index (χ0v) is 13.7. The van der Waals surface area contributed by atoms with Crippen LogP contribution in [-0.4, -0.2) is 15.7 Å². The average molecular weight is 318 g/mol. The van der Waals surface area contributed by atoms with E-state index < -0.39 is 0 Å². The van der Waals surface area contributed by atoms with Gasteiger partial charge in [-0.1, -0.05) is 24.3 Å². The molecule has 1 aliphatic heterocycles. The van der Waals surface area contributed by atoms with Crippen molar-refractivity contribution < 1.29 is 4.79 Å². The van der Waals surface area contributed by atoms with Crippen molar-refractivity contribution in [3.63, 3.8) is 0 Å². The fraction of sp³-hybridized carbons (Fsp3) is 0.158. The molecule has 4 rings (SSSR count). The van der Waals surface area contributed by atoms with E-state index >= 15 is 0 Å². The van der Waals surface area contributed by atoms with Crippen molar-refractivity contribution >= 4 is 23.1 Å². The van der Waals surface area contributed by atoms with Gasteiger partial charge >= 0.3 is 0 Å². The highest BCUT2D eigenvalue weighted by Gasteiger charge is 2.26. The number of hydrogen-bond acceptors (Lipinski definition) is 3. The number of aromatic nitrogens is 2. The van der Waals surface area contributed by atoms with Crippen molar-refractivity contribution in [3.05, 3.63) is 71.4 Å². The molecule has 0 fully saturated rings. The van der Waals surface area contributed by atoms with Crippen molar-refractivity contribution in [3.8, 4) is 0 Å². The van der Waals surface area contributed by atoms with Crippen molar-refractivity contribution in [1.29, 1.82) is 0 Å². The molecule has 120 valence electrons. The van der Waals surface area contributed by atoms with E-state index in [0.29, 0.717) is 12.1 Å². The number of rotatable bonds is 1. The van der Waals surface area contributed by atoms with E-state index in [2.05, 4.69) is 10.4 Å². The highest BCUT2D eigenvalue weighted by Crippen LogP contribution is 2.36. The van der Waals surface area contributed by atoms with Gasteiger partial charge in [-0.25, -0.2) is 0 Å². The second-order valence-electron chi connectivity index (χ2n) is 6.04. The van der Waals surface area contributed by atoms with Crippen molar-refractivity contribution in [2.45, 2.75) is 13.5 Å². The van der Waals surface area contributed by atoms with E-state index in [9.17, 15) is 4.79 Å². The van der Waals surface area contributed by atoms with Gasteiger partial charge < -0.3 is 10.2 Å². The molecule has 2 heterocycles. The lowest BCUT2D eigenvalue weighted by atomic mass is 10.1. The summed E-state index contributed by atoms with van der Waals surface area (Å²) in [4.78, 5) is 14.9. The predicted octanol–water partition coefficient (Wildman–Crippen LogP) is 3.63. The number of anilines is 3. The Morgan fingerprint density at radius 1 is 1.17 bits per heavy atom. The van der Waals surface area contributed by atoms with Crippen LogP contribution < -0.4 is 10.2 Å². The normalized spacial score (nSPS) is 12.8. The van der Waals surface area contributed by atoms with Crippen LogP contribution in [0.5, 0.6) is 0 Å². The Bertz CT molecular complexity index is 914. The Morgan fingerprint density at radius 2 is 1.96 bits per heavy atom. The highest BCUT2D eigenvalue weighted by atomic mass is 16.2. The first-order chi connectivity index (χ1) is 11.6. The smallest absolute Gasteiger partial charge is 0.258 e. The molecule has 5 heteroatoms. The molecule has 0 saturated heterocycles. The van der Waals surface area contributed by atoms with Crippen LogP contribution in [-0.2, 0) is 13.6 Å². The number of hydrogen-bond donors (Lipinski definition) is 1. The van der Waals surface area contributed by atoms with Gasteiger partial charge in [-0.3, -0.25) is 9.48 Å². The maximum atomic E-state index is 13.1. The van der Waals surface area contributed by atoms with Crippen LogP contribution in [0.4, 0.5) is 17.2 Å². The first-order valence-corrected chi connectivity index (χ1v) is 7.89. The third-order valence-electron chi connectivity index (χ3n) is 4.31. The zero-order valence-electron chi connectivity index (χ0n) is 13.7. The summed E-state index contributed by atoms with van der Waals surface area (Å²) in [5, 5.41) is 7.73. The van der Waals surface area contributed by atoms with Gasteiger partial charge in [-0.15, -0.1) is 0 Å². The summed E-state index contributed by atoms with van der Waals surface area (Å²) >= 11 is 0. The Labute approximate surface area is 140 Å². The van der Waals surface area contributed by atoms with Crippen LogP contribution >= 0.6 is 0 Å². The molecule has 3 aromatic rings. The Kier molecular flexibility index (Phi) is 3.34. The number of nitrogens with one attached hydrogen (secondary N) is 1. The molecule has 0 bridgehead atoms. The molecule has 0 unspecified atom stereocenters. The van der Waals surface area contributed by atoms with Gasteiger partial charge in [-0.05, 0) is 36.8 Å². The molecule has 0 aliphatic carbocycles. The van der Waals surface area contributed by atoms with Crippen molar-refractivity contribution in [2.75, 3.05) is 10.2 Å². The lowest BCUT2D eigenvalue weighted by Crippen LogP contribution is -2.30. The topological polar surface area (TPSA) is 50.2 Å². The fourth-order valence-corrected chi connectivity index (χ4v) is 3.03. The monoisotopic (exact) mass is 318 g/mol. The van der Waals surface area contributed by atoms with Gasteiger partial charge in [0.2, 0.25) is 0 Å². The first kappa shape index (κ1) is 14.5. The van der Waals surface area contributed by atoms with Crippen LogP contribution in [0.2, 0.25) is 0 Å².